The summed E-state index contributed by atoms with van der Waals surface area (Å²) in [6, 6.07) is 0.629. The second-order valence-corrected chi connectivity index (χ2v) is 5.20. The Morgan fingerprint density at radius 3 is 2.83 bits per heavy atom. The highest BCUT2D eigenvalue weighted by Crippen LogP contribution is 2.17. The molecule has 0 radical (unpaired) electrons. The number of nitrogens with one attached hydrogen (secondary N) is 1. The largest absolute Gasteiger partial charge is 0.463 e. The molecule has 1 aliphatic rings. The van der Waals surface area contributed by atoms with Gasteiger partial charge in [0.05, 0.1) is 6.61 Å². The van der Waals surface area contributed by atoms with E-state index in [1.54, 1.807) is 6.92 Å². The third-order valence-corrected chi connectivity index (χ3v) is 3.38. The lowest BCUT2D eigenvalue weighted by Crippen LogP contribution is -2.31. The number of ether oxygens (including phenoxy) is 1. The fourth-order valence-corrected chi connectivity index (χ4v) is 2.23. The lowest BCUT2D eigenvalue weighted by molar-refractivity contribution is -0.138. The smallest absolute Gasteiger partial charge is 0.334 e. The van der Waals surface area contributed by atoms with Gasteiger partial charge in [0.15, 0.2) is 0 Å². The van der Waals surface area contributed by atoms with Crippen LogP contribution in [0.2, 0.25) is 0 Å². The second-order valence-electron chi connectivity index (χ2n) is 5.20. The van der Waals surface area contributed by atoms with Gasteiger partial charge in [0.2, 0.25) is 0 Å². The minimum absolute atomic E-state index is 0.291. The van der Waals surface area contributed by atoms with Gasteiger partial charge in [-0.15, -0.1) is 0 Å². The summed E-state index contributed by atoms with van der Waals surface area (Å²) in [5.41, 5.74) is 0.510. The highest BCUT2D eigenvalue weighted by Gasteiger charge is 2.23. The summed E-state index contributed by atoms with van der Waals surface area (Å²) in [5, 5.41) is 3.30. The summed E-state index contributed by atoms with van der Waals surface area (Å²) in [6.07, 6.45) is 1.23. The van der Waals surface area contributed by atoms with Gasteiger partial charge in [0, 0.05) is 24.7 Å². The molecule has 1 heterocycles. The van der Waals surface area contributed by atoms with Gasteiger partial charge in [-0.1, -0.05) is 6.58 Å². The Kier molecular flexibility index (Phi) is 6.36. The van der Waals surface area contributed by atoms with Crippen LogP contribution < -0.4 is 5.32 Å². The average molecular weight is 254 g/mol. The molecular weight excluding hydrogens is 228 g/mol. The molecular formula is C14H26N2O2. The SMILES string of the molecule is C=C(CNCC1CCN(C(C)C)C1)C(=O)OCC. The van der Waals surface area contributed by atoms with Crippen molar-refractivity contribution in [1.29, 1.82) is 0 Å². The lowest BCUT2D eigenvalue weighted by Gasteiger charge is -2.20. The fraction of sp³-hybridized carbons (Fsp3) is 0.786. The van der Waals surface area contributed by atoms with Crippen LogP contribution in [0.3, 0.4) is 0 Å². The molecule has 104 valence electrons. The molecule has 4 heteroatoms. The Bertz CT molecular complexity index is 290. The van der Waals surface area contributed by atoms with E-state index in [9.17, 15) is 4.79 Å². The van der Waals surface area contributed by atoms with E-state index in [0.717, 1.165) is 13.1 Å². The Hall–Kier alpha value is -0.870. The number of esters is 1. The van der Waals surface area contributed by atoms with Gasteiger partial charge in [0.1, 0.15) is 0 Å². The van der Waals surface area contributed by atoms with Gasteiger partial charge < -0.3 is 15.0 Å². The topological polar surface area (TPSA) is 41.6 Å². The standard InChI is InChI=1S/C14H26N2O2/c1-5-18-14(17)12(4)8-15-9-13-6-7-16(10-13)11(2)3/h11,13,15H,4-10H2,1-3H3. The monoisotopic (exact) mass is 254 g/mol. The molecule has 1 aliphatic heterocycles. The van der Waals surface area contributed by atoms with Crippen molar-refractivity contribution in [1.82, 2.24) is 10.2 Å². The van der Waals surface area contributed by atoms with Crippen molar-refractivity contribution in [2.45, 2.75) is 33.2 Å². The quantitative estimate of drug-likeness (QED) is 0.551. The Morgan fingerprint density at radius 2 is 2.28 bits per heavy atom. The number of hydrogen-bond donors (Lipinski definition) is 1. The molecule has 1 unspecified atom stereocenters. The van der Waals surface area contributed by atoms with Crippen LogP contribution in [0.4, 0.5) is 0 Å². The number of likely N-dealkylation sites (tertiary alicyclic amines) is 1. The second kappa shape index (κ2) is 7.54. The molecule has 1 saturated heterocycles. The summed E-state index contributed by atoms with van der Waals surface area (Å²) < 4.78 is 4.89. The molecule has 0 aromatic rings. The number of nitrogens with zero attached hydrogens (tertiary/aromatic N) is 1. The van der Waals surface area contributed by atoms with Crippen LogP contribution in [0.5, 0.6) is 0 Å². The first-order chi connectivity index (χ1) is 8.54. The zero-order valence-corrected chi connectivity index (χ0v) is 11.9. The summed E-state index contributed by atoms with van der Waals surface area (Å²) in [7, 11) is 0. The van der Waals surface area contributed by atoms with Crippen molar-refractivity contribution < 1.29 is 9.53 Å². The molecule has 1 N–H and O–H groups in total. The average Bonchev–Trinajstić information content (AvgIpc) is 2.78. The summed E-state index contributed by atoms with van der Waals surface area (Å²) in [4.78, 5) is 13.8. The summed E-state index contributed by atoms with van der Waals surface area (Å²) in [5.74, 6) is 0.391. The van der Waals surface area contributed by atoms with Crippen molar-refractivity contribution >= 4 is 5.97 Å². The van der Waals surface area contributed by atoms with Crippen molar-refractivity contribution in [3.8, 4) is 0 Å². The Balaban J connectivity index is 2.15. The highest BCUT2D eigenvalue weighted by molar-refractivity contribution is 5.88. The van der Waals surface area contributed by atoms with E-state index in [1.807, 2.05) is 0 Å². The molecule has 1 fully saturated rings. The van der Waals surface area contributed by atoms with E-state index in [0.29, 0.717) is 30.7 Å². The number of carbonyl (C=O) groups is 1. The molecule has 0 aromatic carbocycles. The predicted molar refractivity (Wildman–Crippen MR) is 73.5 cm³/mol. The van der Waals surface area contributed by atoms with Crippen LogP contribution in [0.15, 0.2) is 12.2 Å². The summed E-state index contributed by atoms with van der Waals surface area (Å²) in [6.45, 7) is 14.2. The van der Waals surface area contributed by atoms with Gasteiger partial charge in [0.25, 0.3) is 0 Å². The molecule has 0 saturated carbocycles. The van der Waals surface area contributed by atoms with Gasteiger partial charge in [-0.2, -0.15) is 0 Å². The van der Waals surface area contributed by atoms with E-state index in [2.05, 4.69) is 30.6 Å². The summed E-state index contributed by atoms with van der Waals surface area (Å²) >= 11 is 0. The third-order valence-electron chi connectivity index (χ3n) is 3.38. The zero-order chi connectivity index (χ0) is 13.5. The number of rotatable bonds is 7. The predicted octanol–water partition coefficient (Wildman–Crippen LogP) is 1.43. The van der Waals surface area contributed by atoms with Gasteiger partial charge in [-0.25, -0.2) is 4.79 Å². The lowest BCUT2D eigenvalue weighted by atomic mass is 10.1. The number of hydrogen-bond acceptors (Lipinski definition) is 4. The first kappa shape index (κ1) is 15.2. The van der Waals surface area contributed by atoms with Crippen LogP contribution in [0, 0.1) is 5.92 Å². The van der Waals surface area contributed by atoms with E-state index >= 15 is 0 Å². The van der Waals surface area contributed by atoms with E-state index in [1.165, 1.54) is 13.0 Å². The van der Waals surface area contributed by atoms with Gasteiger partial charge in [-0.3, -0.25) is 0 Å². The maximum absolute atomic E-state index is 11.3. The van der Waals surface area contributed by atoms with Crippen LogP contribution in [-0.4, -0.2) is 49.7 Å². The fourth-order valence-electron chi connectivity index (χ4n) is 2.23. The van der Waals surface area contributed by atoms with Crippen LogP contribution in [0.1, 0.15) is 27.2 Å². The van der Waals surface area contributed by atoms with Crippen LogP contribution in [0.25, 0.3) is 0 Å². The molecule has 0 amide bonds. The van der Waals surface area contributed by atoms with Crippen molar-refractivity contribution in [3.05, 3.63) is 12.2 Å². The van der Waals surface area contributed by atoms with Crippen molar-refractivity contribution in [2.75, 3.05) is 32.8 Å². The molecule has 0 aromatic heterocycles. The maximum atomic E-state index is 11.3. The molecule has 0 spiro atoms. The molecule has 0 aliphatic carbocycles. The Labute approximate surface area is 110 Å². The first-order valence-corrected chi connectivity index (χ1v) is 6.84. The molecule has 18 heavy (non-hydrogen) atoms. The molecule has 1 atom stereocenters. The van der Waals surface area contributed by atoms with Crippen LogP contribution in [-0.2, 0) is 9.53 Å². The minimum atomic E-state index is -0.291. The zero-order valence-electron chi connectivity index (χ0n) is 11.9. The molecule has 0 bridgehead atoms. The van der Waals surface area contributed by atoms with Crippen LogP contribution >= 0.6 is 0 Å². The van der Waals surface area contributed by atoms with Gasteiger partial charge >= 0.3 is 5.97 Å². The van der Waals surface area contributed by atoms with E-state index in [-0.39, 0.29) is 5.97 Å². The third kappa shape index (κ3) is 4.78. The minimum Gasteiger partial charge on any atom is -0.463 e. The van der Waals surface area contributed by atoms with Crippen molar-refractivity contribution in [3.63, 3.8) is 0 Å². The Morgan fingerprint density at radius 1 is 1.56 bits per heavy atom. The molecule has 4 nitrogen and oxygen atoms in total. The number of carbonyl (C=O) groups excluding carboxylic acids is 1. The van der Waals surface area contributed by atoms with E-state index in [4.69, 9.17) is 4.74 Å². The normalized spacial score (nSPS) is 20.3. The highest BCUT2D eigenvalue weighted by atomic mass is 16.5. The maximum Gasteiger partial charge on any atom is 0.334 e. The van der Waals surface area contributed by atoms with Crippen molar-refractivity contribution in [2.24, 2.45) is 5.92 Å². The molecule has 1 rings (SSSR count). The first-order valence-electron chi connectivity index (χ1n) is 6.84. The van der Waals surface area contributed by atoms with Gasteiger partial charge in [-0.05, 0) is 46.2 Å². The van der Waals surface area contributed by atoms with E-state index < -0.39 is 0 Å².